The van der Waals surface area contributed by atoms with Crippen LogP contribution >= 0.6 is 12.2 Å². The molecule has 0 aliphatic heterocycles. The van der Waals surface area contributed by atoms with Gasteiger partial charge in [0.15, 0.2) is 5.11 Å². The van der Waals surface area contributed by atoms with Gasteiger partial charge < -0.3 is 16.0 Å². The Labute approximate surface area is 108 Å². The molecule has 96 valence electrons. The molecular weight excluding hydrogens is 234 g/mol. The van der Waals surface area contributed by atoms with Crippen molar-refractivity contribution in [3.05, 3.63) is 0 Å². The van der Waals surface area contributed by atoms with Crippen molar-refractivity contribution in [2.45, 2.75) is 63.6 Å². The Morgan fingerprint density at radius 2 is 1.71 bits per heavy atom. The molecule has 0 bridgehead atoms. The lowest BCUT2D eigenvalue weighted by atomic mass is 10.2. The number of amides is 1. The van der Waals surface area contributed by atoms with Gasteiger partial charge in [0.1, 0.15) is 6.04 Å². The summed E-state index contributed by atoms with van der Waals surface area (Å²) in [4.78, 5) is 11.7. The average Bonchev–Trinajstić information content (AvgIpc) is 2.93. The standard InChI is InChI=1S/C12H21N3OS/c1-8(11(16)14-10-6-7-10)13-12(17)15-9-4-2-3-5-9/h8-10H,2-7H2,1H3,(H,14,16)(H2,13,15,17). The fourth-order valence-corrected chi connectivity index (χ4v) is 2.46. The summed E-state index contributed by atoms with van der Waals surface area (Å²) in [7, 11) is 0. The highest BCUT2D eigenvalue weighted by atomic mass is 32.1. The van der Waals surface area contributed by atoms with Gasteiger partial charge in [-0.2, -0.15) is 0 Å². The zero-order chi connectivity index (χ0) is 12.3. The number of carbonyl (C=O) groups excluding carboxylic acids is 1. The maximum atomic E-state index is 11.7. The second-order valence-electron chi connectivity index (χ2n) is 5.10. The van der Waals surface area contributed by atoms with Gasteiger partial charge in [-0.1, -0.05) is 12.8 Å². The number of carbonyl (C=O) groups is 1. The van der Waals surface area contributed by atoms with Gasteiger partial charge in [0.2, 0.25) is 5.91 Å². The predicted octanol–water partition coefficient (Wildman–Crippen LogP) is 1.06. The molecule has 5 heteroatoms. The third kappa shape index (κ3) is 4.15. The second kappa shape index (κ2) is 5.67. The summed E-state index contributed by atoms with van der Waals surface area (Å²) >= 11 is 5.21. The normalized spacial score (nSPS) is 21.9. The summed E-state index contributed by atoms with van der Waals surface area (Å²) in [6, 6.07) is 0.647. The lowest BCUT2D eigenvalue weighted by Gasteiger charge is -2.19. The molecule has 2 aliphatic carbocycles. The van der Waals surface area contributed by atoms with Crippen LogP contribution in [0.5, 0.6) is 0 Å². The fourth-order valence-electron chi connectivity index (χ4n) is 2.11. The molecule has 0 aromatic carbocycles. The highest BCUT2D eigenvalue weighted by Crippen LogP contribution is 2.19. The van der Waals surface area contributed by atoms with E-state index in [2.05, 4.69) is 16.0 Å². The fraction of sp³-hybridized carbons (Fsp3) is 0.833. The van der Waals surface area contributed by atoms with Gasteiger partial charge >= 0.3 is 0 Å². The quantitative estimate of drug-likeness (QED) is 0.658. The number of nitrogens with one attached hydrogen (secondary N) is 3. The molecule has 3 N–H and O–H groups in total. The van der Waals surface area contributed by atoms with Crippen molar-refractivity contribution in [1.29, 1.82) is 0 Å². The molecule has 0 radical (unpaired) electrons. The van der Waals surface area contributed by atoms with E-state index >= 15 is 0 Å². The minimum absolute atomic E-state index is 0.0445. The topological polar surface area (TPSA) is 53.2 Å². The largest absolute Gasteiger partial charge is 0.360 e. The Balaban J connectivity index is 1.67. The third-order valence-electron chi connectivity index (χ3n) is 3.36. The Kier molecular flexibility index (Phi) is 4.20. The molecule has 2 fully saturated rings. The first-order valence-corrected chi connectivity index (χ1v) is 6.93. The smallest absolute Gasteiger partial charge is 0.242 e. The Bertz CT molecular complexity index is 298. The summed E-state index contributed by atoms with van der Waals surface area (Å²) in [6.45, 7) is 1.85. The second-order valence-corrected chi connectivity index (χ2v) is 5.51. The average molecular weight is 255 g/mol. The monoisotopic (exact) mass is 255 g/mol. The minimum atomic E-state index is -0.253. The zero-order valence-electron chi connectivity index (χ0n) is 10.3. The first kappa shape index (κ1) is 12.6. The molecule has 4 nitrogen and oxygen atoms in total. The van der Waals surface area contributed by atoms with E-state index in [1.54, 1.807) is 0 Å². The van der Waals surface area contributed by atoms with Crippen molar-refractivity contribution in [3.63, 3.8) is 0 Å². The van der Waals surface area contributed by atoms with E-state index in [4.69, 9.17) is 12.2 Å². The Morgan fingerprint density at radius 1 is 1.12 bits per heavy atom. The van der Waals surface area contributed by atoms with Crippen LogP contribution in [0.1, 0.15) is 45.4 Å². The molecule has 17 heavy (non-hydrogen) atoms. The number of hydrogen-bond donors (Lipinski definition) is 3. The predicted molar refractivity (Wildman–Crippen MR) is 71.8 cm³/mol. The van der Waals surface area contributed by atoms with Gasteiger partial charge in [0.25, 0.3) is 0 Å². The van der Waals surface area contributed by atoms with Gasteiger partial charge in [0, 0.05) is 12.1 Å². The highest BCUT2D eigenvalue weighted by molar-refractivity contribution is 7.80. The molecule has 2 rings (SSSR count). The summed E-state index contributed by atoms with van der Waals surface area (Å²) in [5.74, 6) is 0.0445. The molecular formula is C12H21N3OS. The van der Waals surface area contributed by atoms with Crippen molar-refractivity contribution in [1.82, 2.24) is 16.0 Å². The summed E-state index contributed by atoms with van der Waals surface area (Å²) in [5.41, 5.74) is 0. The minimum Gasteiger partial charge on any atom is -0.360 e. The number of thiocarbonyl (C=S) groups is 1. The van der Waals surface area contributed by atoms with Crippen LogP contribution in [0.15, 0.2) is 0 Å². The molecule has 1 unspecified atom stereocenters. The van der Waals surface area contributed by atoms with Gasteiger partial charge in [-0.15, -0.1) is 0 Å². The third-order valence-corrected chi connectivity index (χ3v) is 3.59. The Hall–Kier alpha value is -0.840. The number of hydrogen-bond acceptors (Lipinski definition) is 2. The molecule has 1 atom stereocenters. The van der Waals surface area contributed by atoms with Crippen molar-refractivity contribution in [3.8, 4) is 0 Å². The van der Waals surface area contributed by atoms with E-state index in [1.165, 1.54) is 25.7 Å². The maximum Gasteiger partial charge on any atom is 0.242 e. The van der Waals surface area contributed by atoms with Gasteiger partial charge in [-0.05, 0) is 44.8 Å². The molecule has 1 amide bonds. The van der Waals surface area contributed by atoms with Crippen LogP contribution in [-0.4, -0.2) is 29.1 Å². The maximum absolute atomic E-state index is 11.7. The van der Waals surface area contributed by atoms with Gasteiger partial charge in [0.05, 0.1) is 0 Å². The van der Waals surface area contributed by atoms with Crippen LogP contribution in [0, 0.1) is 0 Å². The van der Waals surface area contributed by atoms with Crippen LogP contribution in [0.4, 0.5) is 0 Å². The number of rotatable bonds is 4. The van der Waals surface area contributed by atoms with Crippen molar-refractivity contribution < 1.29 is 4.79 Å². The van der Waals surface area contributed by atoms with E-state index in [-0.39, 0.29) is 11.9 Å². The van der Waals surface area contributed by atoms with Crippen LogP contribution in [-0.2, 0) is 4.79 Å². The van der Waals surface area contributed by atoms with Crippen LogP contribution in [0.2, 0.25) is 0 Å². The van der Waals surface area contributed by atoms with Crippen LogP contribution in [0.3, 0.4) is 0 Å². The highest BCUT2D eigenvalue weighted by Gasteiger charge is 2.26. The van der Waals surface area contributed by atoms with E-state index < -0.39 is 0 Å². The van der Waals surface area contributed by atoms with Crippen molar-refractivity contribution in [2.24, 2.45) is 0 Å². The van der Waals surface area contributed by atoms with Crippen molar-refractivity contribution in [2.75, 3.05) is 0 Å². The molecule has 0 heterocycles. The summed E-state index contributed by atoms with van der Waals surface area (Å²) in [6.07, 6.45) is 7.15. The molecule has 2 saturated carbocycles. The molecule has 0 aromatic heterocycles. The summed E-state index contributed by atoms with van der Waals surface area (Å²) in [5, 5.41) is 9.89. The molecule has 0 aromatic rings. The SMILES string of the molecule is CC(NC(=S)NC1CCCC1)C(=O)NC1CC1. The zero-order valence-corrected chi connectivity index (χ0v) is 11.1. The molecule has 0 spiro atoms. The van der Waals surface area contributed by atoms with Crippen molar-refractivity contribution >= 4 is 23.2 Å². The van der Waals surface area contributed by atoms with Gasteiger partial charge in [-0.25, -0.2) is 0 Å². The van der Waals surface area contributed by atoms with E-state index in [9.17, 15) is 4.79 Å². The first-order valence-electron chi connectivity index (χ1n) is 6.52. The Morgan fingerprint density at radius 3 is 2.29 bits per heavy atom. The van der Waals surface area contributed by atoms with Crippen LogP contribution < -0.4 is 16.0 Å². The van der Waals surface area contributed by atoms with E-state index in [1.807, 2.05) is 6.92 Å². The van der Waals surface area contributed by atoms with Crippen LogP contribution in [0.25, 0.3) is 0 Å². The molecule has 2 aliphatic rings. The van der Waals surface area contributed by atoms with Gasteiger partial charge in [-0.3, -0.25) is 4.79 Å². The van der Waals surface area contributed by atoms with E-state index in [0.29, 0.717) is 17.2 Å². The summed E-state index contributed by atoms with van der Waals surface area (Å²) < 4.78 is 0. The first-order chi connectivity index (χ1) is 8.15. The van der Waals surface area contributed by atoms with E-state index in [0.717, 1.165) is 12.8 Å². The lowest BCUT2D eigenvalue weighted by Crippen LogP contribution is -2.50. The lowest BCUT2D eigenvalue weighted by molar-refractivity contribution is -0.122. The molecule has 0 saturated heterocycles.